The van der Waals surface area contributed by atoms with Gasteiger partial charge in [0.05, 0.1) is 6.54 Å². The Morgan fingerprint density at radius 2 is 2.12 bits per heavy atom. The van der Waals surface area contributed by atoms with Crippen molar-refractivity contribution < 1.29 is 13.2 Å². The molecule has 1 nitrogen and oxygen atoms in total. The third kappa shape index (κ3) is 0.798. The molecule has 0 aliphatic carbocycles. The third-order valence-electron chi connectivity index (χ3n) is 1.14. The highest BCUT2D eigenvalue weighted by molar-refractivity contribution is 4.87. The highest BCUT2D eigenvalue weighted by Gasteiger charge is 2.44. The predicted octanol–water partition coefficient (Wildman–Crippen LogP) is 0.563. The highest BCUT2D eigenvalue weighted by Crippen LogP contribution is 2.23. The van der Waals surface area contributed by atoms with Crippen LogP contribution in [0.4, 0.5) is 13.2 Å². The van der Waals surface area contributed by atoms with Crippen molar-refractivity contribution in [1.29, 1.82) is 0 Å². The van der Waals surface area contributed by atoms with E-state index in [0.717, 1.165) is 0 Å². The van der Waals surface area contributed by atoms with Crippen LogP contribution >= 0.6 is 0 Å². The van der Waals surface area contributed by atoms with E-state index >= 15 is 0 Å². The normalized spacial score (nSPS) is 35.6. The van der Waals surface area contributed by atoms with Gasteiger partial charge in [-0.3, -0.25) is 0 Å². The number of rotatable bonds is 0. The fourth-order valence-electron chi connectivity index (χ4n) is 0.626. The molecule has 4 heteroatoms. The summed E-state index contributed by atoms with van der Waals surface area (Å²) in [6.07, 6.45) is -1.98. The maximum atomic E-state index is 11.9. The lowest BCUT2D eigenvalue weighted by atomic mass is 10.3. The lowest BCUT2D eigenvalue weighted by molar-refractivity contribution is -0.0356. The van der Waals surface area contributed by atoms with Gasteiger partial charge in [0.2, 0.25) is 0 Å². The molecule has 1 aliphatic heterocycles. The quantitative estimate of drug-likeness (QED) is 0.499. The predicted molar refractivity (Wildman–Crippen MR) is 22.7 cm³/mol. The summed E-state index contributed by atoms with van der Waals surface area (Å²) < 4.78 is 35.7. The SMILES string of the molecule is FC1CNCC1(F)F. The largest absolute Gasteiger partial charge is 0.308 e. The van der Waals surface area contributed by atoms with Crippen LogP contribution in [0.15, 0.2) is 0 Å². The summed E-state index contributed by atoms with van der Waals surface area (Å²) in [5.74, 6) is -3.12. The van der Waals surface area contributed by atoms with Crippen LogP contribution in [-0.4, -0.2) is 25.2 Å². The van der Waals surface area contributed by atoms with Gasteiger partial charge in [0.25, 0.3) is 5.92 Å². The fraction of sp³-hybridized carbons (Fsp3) is 1.00. The first kappa shape index (κ1) is 5.88. The molecule has 0 spiro atoms. The average Bonchev–Trinajstić information content (AvgIpc) is 1.86. The van der Waals surface area contributed by atoms with Gasteiger partial charge in [0.1, 0.15) is 0 Å². The van der Waals surface area contributed by atoms with E-state index in [4.69, 9.17) is 0 Å². The van der Waals surface area contributed by atoms with Gasteiger partial charge in [-0.2, -0.15) is 0 Å². The van der Waals surface area contributed by atoms with Crippen molar-refractivity contribution in [2.24, 2.45) is 0 Å². The van der Waals surface area contributed by atoms with Crippen molar-refractivity contribution in [3.8, 4) is 0 Å². The summed E-state index contributed by atoms with van der Waals surface area (Å²) in [5.41, 5.74) is 0. The summed E-state index contributed by atoms with van der Waals surface area (Å²) in [6, 6.07) is 0. The average molecular weight is 125 g/mol. The van der Waals surface area contributed by atoms with E-state index in [0.29, 0.717) is 0 Å². The Morgan fingerprint density at radius 3 is 2.25 bits per heavy atom. The lowest BCUT2D eigenvalue weighted by Crippen LogP contribution is -2.27. The Bertz CT molecular complexity index is 93.3. The van der Waals surface area contributed by atoms with Crippen LogP contribution in [0.25, 0.3) is 0 Å². The summed E-state index contributed by atoms with van der Waals surface area (Å²) in [5, 5.41) is 2.24. The monoisotopic (exact) mass is 125 g/mol. The van der Waals surface area contributed by atoms with Crippen LogP contribution in [0.1, 0.15) is 0 Å². The lowest BCUT2D eigenvalue weighted by Gasteiger charge is -2.07. The van der Waals surface area contributed by atoms with Crippen LogP contribution in [0.3, 0.4) is 0 Å². The molecule has 8 heavy (non-hydrogen) atoms. The molecular weight excluding hydrogens is 119 g/mol. The molecule has 1 heterocycles. The van der Waals surface area contributed by atoms with Crippen molar-refractivity contribution in [3.05, 3.63) is 0 Å². The molecule has 1 atom stereocenters. The maximum Gasteiger partial charge on any atom is 0.292 e. The van der Waals surface area contributed by atoms with Gasteiger partial charge in [0.15, 0.2) is 6.17 Å². The summed E-state index contributed by atoms with van der Waals surface area (Å²) in [4.78, 5) is 0. The van der Waals surface area contributed by atoms with E-state index in [2.05, 4.69) is 5.32 Å². The fourth-order valence-corrected chi connectivity index (χ4v) is 0.626. The summed E-state index contributed by atoms with van der Waals surface area (Å²) in [7, 11) is 0. The van der Waals surface area contributed by atoms with Gasteiger partial charge < -0.3 is 5.32 Å². The van der Waals surface area contributed by atoms with Gasteiger partial charge in [-0.1, -0.05) is 0 Å². The van der Waals surface area contributed by atoms with E-state index < -0.39 is 18.6 Å². The molecule has 1 rings (SSSR count). The smallest absolute Gasteiger partial charge is 0.292 e. The Balaban J connectivity index is 2.54. The second-order valence-corrected chi connectivity index (χ2v) is 1.86. The number of hydrogen-bond acceptors (Lipinski definition) is 1. The zero-order valence-corrected chi connectivity index (χ0v) is 4.13. The first-order valence-corrected chi connectivity index (χ1v) is 2.35. The Labute approximate surface area is 44.9 Å². The molecule has 0 saturated carbocycles. The molecule has 0 amide bonds. The second-order valence-electron chi connectivity index (χ2n) is 1.86. The molecule has 1 unspecified atom stereocenters. The van der Waals surface area contributed by atoms with Crippen LogP contribution in [0.2, 0.25) is 0 Å². The first-order valence-electron chi connectivity index (χ1n) is 2.35. The van der Waals surface area contributed by atoms with Gasteiger partial charge in [0, 0.05) is 6.54 Å². The van der Waals surface area contributed by atoms with E-state index in [1.165, 1.54) is 0 Å². The summed E-state index contributed by atoms with van der Waals surface area (Å²) in [6.45, 7) is -0.735. The Hall–Kier alpha value is -0.250. The molecule has 0 aromatic carbocycles. The zero-order chi connectivity index (χ0) is 6.20. The van der Waals surface area contributed by atoms with E-state index in [1.54, 1.807) is 0 Å². The Morgan fingerprint density at radius 1 is 1.50 bits per heavy atom. The topological polar surface area (TPSA) is 12.0 Å². The third-order valence-corrected chi connectivity index (χ3v) is 1.14. The molecular formula is C4H6F3N. The summed E-state index contributed by atoms with van der Waals surface area (Å²) >= 11 is 0. The van der Waals surface area contributed by atoms with E-state index in [1.807, 2.05) is 0 Å². The van der Waals surface area contributed by atoms with Crippen LogP contribution in [0, 0.1) is 0 Å². The highest BCUT2D eigenvalue weighted by atomic mass is 19.3. The van der Waals surface area contributed by atoms with Crippen molar-refractivity contribution in [1.82, 2.24) is 5.32 Å². The standard InChI is InChI=1S/C4H6F3N/c5-3-1-8-2-4(3,6)7/h3,8H,1-2H2. The minimum Gasteiger partial charge on any atom is -0.308 e. The molecule has 0 aromatic heterocycles. The van der Waals surface area contributed by atoms with Crippen LogP contribution in [0.5, 0.6) is 0 Å². The van der Waals surface area contributed by atoms with Gasteiger partial charge >= 0.3 is 0 Å². The number of hydrogen-bond donors (Lipinski definition) is 1. The first-order chi connectivity index (χ1) is 3.63. The number of halogens is 3. The molecule has 1 saturated heterocycles. The van der Waals surface area contributed by atoms with Gasteiger partial charge in [-0.15, -0.1) is 0 Å². The van der Waals surface area contributed by atoms with Gasteiger partial charge in [-0.05, 0) is 0 Å². The van der Waals surface area contributed by atoms with E-state index in [9.17, 15) is 13.2 Å². The van der Waals surface area contributed by atoms with Crippen molar-refractivity contribution in [3.63, 3.8) is 0 Å². The molecule has 48 valence electrons. The number of nitrogens with one attached hydrogen (secondary N) is 1. The zero-order valence-electron chi connectivity index (χ0n) is 4.13. The van der Waals surface area contributed by atoms with Crippen LogP contribution < -0.4 is 5.32 Å². The molecule has 1 fully saturated rings. The maximum absolute atomic E-state index is 11.9. The molecule has 0 radical (unpaired) electrons. The van der Waals surface area contributed by atoms with Crippen molar-refractivity contribution in [2.75, 3.05) is 13.1 Å². The second kappa shape index (κ2) is 1.62. The van der Waals surface area contributed by atoms with E-state index in [-0.39, 0.29) is 6.54 Å². The van der Waals surface area contributed by atoms with Crippen molar-refractivity contribution >= 4 is 0 Å². The minimum absolute atomic E-state index is 0.215. The van der Waals surface area contributed by atoms with Gasteiger partial charge in [-0.25, -0.2) is 13.2 Å². The minimum atomic E-state index is -3.12. The molecule has 1 aliphatic rings. The molecule has 1 N–H and O–H groups in total. The Kier molecular flexibility index (Phi) is 1.19. The molecule has 0 aromatic rings. The number of alkyl halides is 3. The van der Waals surface area contributed by atoms with Crippen LogP contribution in [-0.2, 0) is 0 Å². The molecule has 0 bridgehead atoms. The van der Waals surface area contributed by atoms with Crippen molar-refractivity contribution in [2.45, 2.75) is 12.1 Å².